The van der Waals surface area contributed by atoms with Gasteiger partial charge in [0.1, 0.15) is 30.5 Å². The Bertz CT molecular complexity index is 1330. The molecule has 0 spiro atoms. The Morgan fingerprint density at radius 1 is 0.914 bits per heavy atom. The van der Waals surface area contributed by atoms with Crippen molar-refractivity contribution in [3.63, 3.8) is 0 Å². The molecule has 0 unspecified atom stereocenters. The first-order chi connectivity index (χ1) is 17.0. The van der Waals surface area contributed by atoms with Gasteiger partial charge in [0, 0.05) is 49.6 Å². The highest BCUT2D eigenvalue weighted by Crippen LogP contribution is 2.25. The molecule has 1 aliphatic heterocycles. The summed E-state index contributed by atoms with van der Waals surface area (Å²) in [4.78, 5) is 38.0. The second kappa shape index (κ2) is 10.1. The molecule has 1 aliphatic rings. The average molecular weight is 513 g/mol. The van der Waals surface area contributed by atoms with Crippen LogP contribution in [0.2, 0.25) is 0 Å². The van der Waals surface area contributed by atoms with Crippen molar-refractivity contribution in [1.29, 1.82) is 0 Å². The summed E-state index contributed by atoms with van der Waals surface area (Å²) in [7, 11) is 0. The topological polar surface area (TPSA) is 102 Å². The van der Waals surface area contributed by atoms with Crippen LogP contribution in [0.3, 0.4) is 0 Å². The highest BCUT2D eigenvalue weighted by atomic mass is 32.1. The van der Waals surface area contributed by atoms with Crippen molar-refractivity contribution in [2.24, 2.45) is 0 Å². The largest absolute Gasteiger partial charge is 0.462 e. The smallest absolute Gasteiger partial charge is 0.341 e. The molecule has 5 heterocycles. The van der Waals surface area contributed by atoms with Gasteiger partial charge in [-0.2, -0.15) is 0 Å². The number of aromatic nitrogens is 2. The summed E-state index contributed by atoms with van der Waals surface area (Å²) in [5.74, 6) is 0.675. The van der Waals surface area contributed by atoms with Crippen LogP contribution >= 0.6 is 22.7 Å². The van der Waals surface area contributed by atoms with Crippen LogP contribution in [-0.2, 0) is 4.74 Å². The molecular formula is C24H24N4O5S2. The molecule has 182 valence electrons. The number of rotatable bonds is 7. The molecule has 1 amide bonds. The summed E-state index contributed by atoms with van der Waals surface area (Å²) in [6, 6.07) is 3.40. The molecule has 0 N–H and O–H groups in total. The lowest BCUT2D eigenvalue weighted by atomic mass is 10.2. The minimum absolute atomic E-state index is 0.0518. The van der Waals surface area contributed by atoms with Crippen LogP contribution in [0.15, 0.2) is 44.3 Å². The zero-order valence-corrected chi connectivity index (χ0v) is 21.0. The number of hydrogen-bond donors (Lipinski definition) is 0. The van der Waals surface area contributed by atoms with E-state index < -0.39 is 5.97 Å². The van der Waals surface area contributed by atoms with Crippen LogP contribution in [0, 0.1) is 13.8 Å². The van der Waals surface area contributed by atoms with Gasteiger partial charge < -0.3 is 18.5 Å². The Balaban J connectivity index is 1.06. The van der Waals surface area contributed by atoms with Gasteiger partial charge in [0.05, 0.1) is 21.1 Å². The molecular weight excluding hydrogens is 488 g/mol. The normalized spacial score (nSPS) is 14.4. The quantitative estimate of drug-likeness (QED) is 0.337. The van der Waals surface area contributed by atoms with Gasteiger partial charge in [-0.15, -0.1) is 22.7 Å². The average Bonchev–Trinajstić information content (AvgIpc) is 3.65. The number of carbonyl (C=O) groups excluding carboxylic acids is 2. The van der Waals surface area contributed by atoms with Gasteiger partial charge in [-0.3, -0.25) is 9.69 Å². The van der Waals surface area contributed by atoms with Crippen LogP contribution < -0.4 is 0 Å². The summed E-state index contributed by atoms with van der Waals surface area (Å²) in [6.07, 6.45) is 2.89. The van der Waals surface area contributed by atoms with Crippen molar-refractivity contribution in [2.75, 3.05) is 39.3 Å². The Kier molecular flexibility index (Phi) is 6.80. The SMILES string of the molecule is Cc1nc(-c2cc(C(=O)OCCN3CCN(C(=O)c4coc(-c5csc(C)n5)c4)CC3)co2)cs1. The number of nitrogens with zero attached hydrogens (tertiary/aromatic N) is 4. The van der Waals surface area contributed by atoms with E-state index in [1.807, 2.05) is 29.5 Å². The van der Waals surface area contributed by atoms with Gasteiger partial charge in [-0.1, -0.05) is 0 Å². The predicted octanol–water partition coefficient (Wildman–Crippen LogP) is 4.35. The number of amides is 1. The number of piperazine rings is 1. The van der Waals surface area contributed by atoms with Gasteiger partial charge >= 0.3 is 5.97 Å². The number of hydrogen-bond acceptors (Lipinski definition) is 10. The summed E-state index contributed by atoms with van der Waals surface area (Å²) in [5.41, 5.74) is 2.35. The number of ether oxygens (including phenoxy) is 1. The highest BCUT2D eigenvalue weighted by molar-refractivity contribution is 7.10. The highest BCUT2D eigenvalue weighted by Gasteiger charge is 2.24. The maximum atomic E-state index is 12.9. The molecule has 0 atom stereocenters. The van der Waals surface area contributed by atoms with Crippen LogP contribution in [0.25, 0.3) is 22.9 Å². The van der Waals surface area contributed by atoms with E-state index in [0.29, 0.717) is 61.1 Å². The van der Waals surface area contributed by atoms with E-state index in [4.69, 9.17) is 13.6 Å². The van der Waals surface area contributed by atoms with E-state index >= 15 is 0 Å². The standard InChI is InChI=1S/C24H24N4O5S2/c1-15-25-19(13-34-15)21-9-17(11-32-21)23(29)28-5-3-27(4-6-28)7-8-31-24(30)18-10-22(33-12-18)20-14-35-16(2)26-20/h9-14H,3-8H2,1-2H3. The van der Waals surface area contributed by atoms with E-state index in [2.05, 4.69) is 14.9 Å². The molecule has 11 heteroatoms. The number of esters is 1. The minimum atomic E-state index is -0.424. The third-order valence-electron chi connectivity index (χ3n) is 5.72. The summed E-state index contributed by atoms with van der Waals surface area (Å²) in [5, 5.41) is 5.69. The molecule has 35 heavy (non-hydrogen) atoms. The first kappa shape index (κ1) is 23.5. The van der Waals surface area contributed by atoms with Crippen molar-refractivity contribution >= 4 is 34.6 Å². The molecule has 1 fully saturated rings. The number of aryl methyl sites for hydroxylation is 2. The van der Waals surface area contributed by atoms with E-state index in [1.165, 1.54) is 23.9 Å². The lowest BCUT2D eigenvalue weighted by molar-refractivity contribution is 0.0411. The fraction of sp³-hybridized carbons (Fsp3) is 0.333. The maximum Gasteiger partial charge on any atom is 0.341 e. The molecule has 4 aromatic heterocycles. The second-order valence-electron chi connectivity index (χ2n) is 8.17. The van der Waals surface area contributed by atoms with E-state index in [-0.39, 0.29) is 12.5 Å². The van der Waals surface area contributed by atoms with Crippen LogP contribution in [0.5, 0.6) is 0 Å². The fourth-order valence-corrected chi connectivity index (χ4v) is 5.03. The lowest BCUT2D eigenvalue weighted by Crippen LogP contribution is -2.49. The lowest BCUT2D eigenvalue weighted by Gasteiger charge is -2.34. The maximum absolute atomic E-state index is 12.9. The van der Waals surface area contributed by atoms with Gasteiger partial charge in [0.25, 0.3) is 5.91 Å². The Morgan fingerprint density at radius 3 is 2.06 bits per heavy atom. The summed E-state index contributed by atoms with van der Waals surface area (Å²) < 4.78 is 16.4. The van der Waals surface area contributed by atoms with Crippen molar-refractivity contribution in [3.8, 4) is 22.9 Å². The van der Waals surface area contributed by atoms with E-state index in [0.717, 1.165) is 15.7 Å². The van der Waals surface area contributed by atoms with Gasteiger partial charge in [-0.05, 0) is 19.9 Å². The Morgan fingerprint density at radius 2 is 1.49 bits per heavy atom. The molecule has 0 aliphatic carbocycles. The molecule has 0 saturated carbocycles. The van der Waals surface area contributed by atoms with Crippen molar-refractivity contribution in [2.45, 2.75) is 13.8 Å². The van der Waals surface area contributed by atoms with E-state index in [9.17, 15) is 9.59 Å². The van der Waals surface area contributed by atoms with Crippen molar-refractivity contribution in [3.05, 3.63) is 56.6 Å². The zero-order chi connectivity index (χ0) is 24.4. The molecule has 4 aromatic rings. The van der Waals surface area contributed by atoms with Crippen molar-refractivity contribution < 1.29 is 23.2 Å². The third kappa shape index (κ3) is 5.37. The molecule has 0 bridgehead atoms. The van der Waals surface area contributed by atoms with Gasteiger partial charge in [-0.25, -0.2) is 14.8 Å². The van der Waals surface area contributed by atoms with Crippen LogP contribution in [0.4, 0.5) is 0 Å². The van der Waals surface area contributed by atoms with Crippen molar-refractivity contribution in [1.82, 2.24) is 19.8 Å². The fourth-order valence-electron chi connectivity index (χ4n) is 3.82. The summed E-state index contributed by atoms with van der Waals surface area (Å²) in [6.45, 7) is 7.32. The second-order valence-corrected chi connectivity index (χ2v) is 10.3. The Hall–Kier alpha value is -3.28. The molecule has 0 radical (unpaired) electrons. The first-order valence-corrected chi connectivity index (χ1v) is 12.9. The van der Waals surface area contributed by atoms with Gasteiger partial charge in [0.15, 0.2) is 11.5 Å². The number of furan rings is 2. The monoisotopic (exact) mass is 512 g/mol. The number of thiazole rings is 2. The molecule has 0 aromatic carbocycles. The predicted molar refractivity (Wildman–Crippen MR) is 132 cm³/mol. The first-order valence-electron chi connectivity index (χ1n) is 11.2. The summed E-state index contributed by atoms with van der Waals surface area (Å²) >= 11 is 3.07. The molecule has 9 nitrogen and oxygen atoms in total. The number of carbonyl (C=O) groups is 2. The Labute approximate surface area is 210 Å². The minimum Gasteiger partial charge on any atom is -0.462 e. The van der Waals surface area contributed by atoms with E-state index in [1.54, 1.807) is 23.5 Å². The van der Waals surface area contributed by atoms with Crippen LogP contribution in [-0.4, -0.2) is 71.0 Å². The zero-order valence-electron chi connectivity index (χ0n) is 19.4. The molecule has 5 rings (SSSR count). The molecule has 1 saturated heterocycles. The third-order valence-corrected chi connectivity index (χ3v) is 7.27. The van der Waals surface area contributed by atoms with Gasteiger partial charge in [0.2, 0.25) is 0 Å². The van der Waals surface area contributed by atoms with Crippen LogP contribution in [0.1, 0.15) is 30.7 Å².